The summed E-state index contributed by atoms with van der Waals surface area (Å²) in [6, 6.07) is 9.72. The molecule has 5 N–H and O–H groups in total. The van der Waals surface area contributed by atoms with E-state index in [1.54, 1.807) is 0 Å². The van der Waals surface area contributed by atoms with Crippen LogP contribution in [-0.4, -0.2) is 27.1 Å². The molecule has 2 aromatic rings. The van der Waals surface area contributed by atoms with Crippen LogP contribution in [0.5, 0.6) is 17.2 Å². The van der Waals surface area contributed by atoms with Gasteiger partial charge in [0.1, 0.15) is 6.42 Å². The van der Waals surface area contributed by atoms with Crippen molar-refractivity contribution in [2.24, 2.45) is 0 Å². The number of phenolic OH excluding ortho intramolecular Hbond substituents is 3. The maximum absolute atomic E-state index is 12.0. The van der Waals surface area contributed by atoms with E-state index in [-0.39, 0.29) is 5.69 Å². The van der Waals surface area contributed by atoms with Crippen LogP contribution in [0.15, 0.2) is 36.4 Å². The standard InChI is InChI=1S/C22H28N2O5/c1-2-3-4-5-6-7-15-8-10-16(11-9-15)23-20(27)14-21(28)24-17-12-18(25)22(29)19(26)13-17/h8-13,25-26,29H,2-7,14H2,1H3,(H,23,27)(H,24,28). The number of nitrogens with one attached hydrogen (secondary N) is 2. The number of phenols is 3. The van der Waals surface area contributed by atoms with E-state index in [1.807, 2.05) is 24.3 Å². The van der Waals surface area contributed by atoms with Crippen molar-refractivity contribution >= 4 is 23.2 Å². The summed E-state index contributed by atoms with van der Waals surface area (Å²) in [5, 5.41) is 33.2. The zero-order valence-electron chi connectivity index (χ0n) is 16.6. The fraction of sp³-hybridized carbons (Fsp3) is 0.364. The van der Waals surface area contributed by atoms with Gasteiger partial charge in [0.15, 0.2) is 17.2 Å². The van der Waals surface area contributed by atoms with Gasteiger partial charge in [0, 0.05) is 23.5 Å². The van der Waals surface area contributed by atoms with Gasteiger partial charge in [-0.15, -0.1) is 0 Å². The molecule has 0 fully saturated rings. The predicted molar refractivity (Wildman–Crippen MR) is 112 cm³/mol. The normalized spacial score (nSPS) is 10.5. The molecule has 0 heterocycles. The van der Waals surface area contributed by atoms with E-state index in [2.05, 4.69) is 17.6 Å². The van der Waals surface area contributed by atoms with E-state index in [9.17, 15) is 24.9 Å². The highest BCUT2D eigenvalue weighted by atomic mass is 16.3. The molecule has 2 aromatic carbocycles. The van der Waals surface area contributed by atoms with Crippen LogP contribution >= 0.6 is 0 Å². The van der Waals surface area contributed by atoms with Crippen molar-refractivity contribution in [2.45, 2.75) is 51.9 Å². The first-order valence-electron chi connectivity index (χ1n) is 9.82. The van der Waals surface area contributed by atoms with Gasteiger partial charge in [-0.3, -0.25) is 9.59 Å². The van der Waals surface area contributed by atoms with Gasteiger partial charge in [-0.05, 0) is 30.5 Å². The van der Waals surface area contributed by atoms with E-state index in [0.717, 1.165) is 25.0 Å². The van der Waals surface area contributed by atoms with Gasteiger partial charge in [0.25, 0.3) is 0 Å². The summed E-state index contributed by atoms with van der Waals surface area (Å²) in [4.78, 5) is 24.0. The number of hydrogen-bond donors (Lipinski definition) is 5. The summed E-state index contributed by atoms with van der Waals surface area (Å²) in [6.07, 6.45) is 6.70. The molecule has 156 valence electrons. The Kier molecular flexibility index (Phi) is 8.33. The van der Waals surface area contributed by atoms with E-state index < -0.39 is 35.5 Å². The lowest BCUT2D eigenvalue weighted by Gasteiger charge is -2.09. The average Bonchev–Trinajstić information content (AvgIpc) is 2.67. The Labute approximate surface area is 170 Å². The zero-order chi connectivity index (χ0) is 21.2. The molecule has 0 aromatic heterocycles. The molecule has 7 heteroatoms. The number of unbranched alkanes of at least 4 members (excludes halogenated alkanes) is 4. The first-order valence-corrected chi connectivity index (χ1v) is 9.82. The highest BCUT2D eigenvalue weighted by Crippen LogP contribution is 2.37. The van der Waals surface area contributed by atoms with Crippen LogP contribution in [0.25, 0.3) is 0 Å². The summed E-state index contributed by atoms with van der Waals surface area (Å²) < 4.78 is 0. The molecule has 29 heavy (non-hydrogen) atoms. The predicted octanol–water partition coefficient (Wildman–Crippen LogP) is 4.28. The smallest absolute Gasteiger partial charge is 0.233 e. The van der Waals surface area contributed by atoms with E-state index in [0.29, 0.717) is 5.69 Å². The first kappa shape index (κ1) is 22.1. The van der Waals surface area contributed by atoms with Crippen LogP contribution in [0.1, 0.15) is 51.0 Å². The molecular weight excluding hydrogens is 372 g/mol. The summed E-state index contributed by atoms with van der Waals surface area (Å²) >= 11 is 0. The Morgan fingerprint density at radius 2 is 1.34 bits per heavy atom. The molecule has 0 bridgehead atoms. The third-order valence-corrected chi connectivity index (χ3v) is 4.48. The van der Waals surface area contributed by atoms with Crippen molar-refractivity contribution in [3.63, 3.8) is 0 Å². The Bertz CT molecular complexity index is 811. The summed E-state index contributed by atoms with van der Waals surface area (Å²) in [6.45, 7) is 2.19. The van der Waals surface area contributed by atoms with E-state index in [1.165, 1.54) is 31.2 Å². The number of aromatic hydroxyl groups is 3. The van der Waals surface area contributed by atoms with Crippen molar-refractivity contribution in [1.82, 2.24) is 0 Å². The number of benzene rings is 2. The molecular formula is C22H28N2O5. The largest absolute Gasteiger partial charge is 0.504 e. The number of rotatable bonds is 10. The average molecular weight is 400 g/mol. The number of hydrogen-bond acceptors (Lipinski definition) is 5. The molecule has 0 atom stereocenters. The van der Waals surface area contributed by atoms with Gasteiger partial charge in [0.2, 0.25) is 11.8 Å². The third-order valence-electron chi connectivity index (χ3n) is 4.48. The molecule has 0 saturated heterocycles. The minimum absolute atomic E-state index is 0.0684. The number of amides is 2. The summed E-state index contributed by atoms with van der Waals surface area (Å²) in [5.74, 6) is -2.92. The molecule has 0 aliphatic carbocycles. The SMILES string of the molecule is CCCCCCCc1ccc(NC(=O)CC(=O)Nc2cc(O)c(O)c(O)c2)cc1. The van der Waals surface area contributed by atoms with Crippen molar-refractivity contribution in [3.8, 4) is 17.2 Å². The maximum Gasteiger partial charge on any atom is 0.233 e. The highest BCUT2D eigenvalue weighted by molar-refractivity contribution is 6.08. The molecule has 7 nitrogen and oxygen atoms in total. The Morgan fingerprint density at radius 3 is 1.93 bits per heavy atom. The Balaban J connectivity index is 1.79. The van der Waals surface area contributed by atoms with Gasteiger partial charge in [-0.25, -0.2) is 0 Å². The summed E-state index contributed by atoms with van der Waals surface area (Å²) in [5.41, 5.74) is 1.89. The minimum atomic E-state index is -0.676. The van der Waals surface area contributed by atoms with Crippen molar-refractivity contribution in [2.75, 3.05) is 10.6 Å². The minimum Gasteiger partial charge on any atom is -0.504 e. The molecule has 0 spiro atoms. The molecule has 2 rings (SSSR count). The molecule has 0 unspecified atom stereocenters. The second kappa shape index (κ2) is 10.9. The number of carbonyl (C=O) groups excluding carboxylic acids is 2. The fourth-order valence-corrected chi connectivity index (χ4v) is 2.92. The topological polar surface area (TPSA) is 119 Å². The molecule has 0 radical (unpaired) electrons. The van der Waals surface area contributed by atoms with Gasteiger partial charge < -0.3 is 26.0 Å². The van der Waals surface area contributed by atoms with Crippen LogP contribution in [0, 0.1) is 0 Å². The van der Waals surface area contributed by atoms with Gasteiger partial charge >= 0.3 is 0 Å². The van der Waals surface area contributed by atoms with Gasteiger partial charge in [-0.1, -0.05) is 44.7 Å². The van der Waals surface area contributed by atoms with Crippen LogP contribution in [0.3, 0.4) is 0 Å². The van der Waals surface area contributed by atoms with Gasteiger partial charge in [0.05, 0.1) is 0 Å². The quantitative estimate of drug-likeness (QED) is 0.176. The number of anilines is 2. The van der Waals surface area contributed by atoms with Crippen molar-refractivity contribution in [3.05, 3.63) is 42.0 Å². The Hall–Kier alpha value is -3.22. The van der Waals surface area contributed by atoms with Crippen LogP contribution in [0.4, 0.5) is 11.4 Å². The van der Waals surface area contributed by atoms with Crippen molar-refractivity contribution in [1.29, 1.82) is 0 Å². The van der Waals surface area contributed by atoms with E-state index in [4.69, 9.17) is 0 Å². The lowest BCUT2D eigenvalue weighted by atomic mass is 10.1. The van der Waals surface area contributed by atoms with Crippen molar-refractivity contribution < 1.29 is 24.9 Å². The Morgan fingerprint density at radius 1 is 0.793 bits per heavy atom. The summed E-state index contributed by atoms with van der Waals surface area (Å²) in [7, 11) is 0. The maximum atomic E-state index is 12.0. The van der Waals surface area contributed by atoms with Crippen LogP contribution < -0.4 is 10.6 Å². The first-order chi connectivity index (χ1) is 13.9. The number of carbonyl (C=O) groups is 2. The van der Waals surface area contributed by atoms with Crippen LogP contribution in [0.2, 0.25) is 0 Å². The fourth-order valence-electron chi connectivity index (χ4n) is 2.92. The molecule has 0 aliphatic heterocycles. The second-order valence-electron chi connectivity index (χ2n) is 7.00. The number of aryl methyl sites for hydroxylation is 1. The molecule has 0 aliphatic rings. The lowest BCUT2D eigenvalue weighted by molar-refractivity contribution is -0.123. The second-order valence-corrected chi connectivity index (χ2v) is 7.00. The third kappa shape index (κ3) is 7.37. The van der Waals surface area contributed by atoms with Crippen LogP contribution in [-0.2, 0) is 16.0 Å². The van der Waals surface area contributed by atoms with E-state index >= 15 is 0 Å². The lowest BCUT2D eigenvalue weighted by Crippen LogP contribution is -2.21. The highest BCUT2D eigenvalue weighted by Gasteiger charge is 2.13. The zero-order valence-corrected chi connectivity index (χ0v) is 16.6. The molecule has 2 amide bonds. The van der Waals surface area contributed by atoms with Gasteiger partial charge in [-0.2, -0.15) is 0 Å². The monoisotopic (exact) mass is 400 g/mol. The molecule has 0 saturated carbocycles.